The van der Waals surface area contributed by atoms with Crippen LogP contribution in [0.3, 0.4) is 0 Å². The van der Waals surface area contributed by atoms with Gasteiger partial charge >= 0.3 is 0 Å². The molecule has 0 saturated heterocycles. The maximum atomic E-state index is 9.17. The standard InChI is InChI=1S/C11H13N3O2/c1-8(15)5-11-13-10(14-16-11)6-9-3-2-4-12-7-9/h2-4,7-8,15H,5-6H2,1H3. The largest absolute Gasteiger partial charge is 0.393 e. The molecule has 5 nitrogen and oxygen atoms in total. The molecule has 2 aromatic heterocycles. The number of pyridine rings is 1. The summed E-state index contributed by atoms with van der Waals surface area (Å²) in [4.78, 5) is 8.19. The summed E-state index contributed by atoms with van der Waals surface area (Å²) < 4.78 is 5.01. The molecule has 0 fully saturated rings. The molecular formula is C11H13N3O2. The lowest BCUT2D eigenvalue weighted by atomic mass is 10.2. The highest BCUT2D eigenvalue weighted by molar-refractivity contribution is 5.13. The third kappa shape index (κ3) is 2.87. The van der Waals surface area contributed by atoms with Gasteiger partial charge in [-0.25, -0.2) is 0 Å². The Hall–Kier alpha value is -1.75. The molecule has 0 aromatic carbocycles. The predicted octanol–water partition coefficient (Wildman–Crippen LogP) is 0.979. The Morgan fingerprint density at radius 1 is 1.50 bits per heavy atom. The van der Waals surface area contributed by atoms with Crippen LogP contribution in [0.2, 0.25) is 0 Å². The van der Waals surface area contributed by atoms with E-state index in [4.69, 9.17) is 9.63 Å². The second kappa shape index (κ2) is 4.85. The quantitative estimate of drug-likeness (QED) is 0.829. The predicted molar refractivity (Wildman–Crippen MR) is 56.7 cm³/mol. The molecule has 0 amide bonds. The third-order valence-electron chi connectivity index (χ3n) is 2.07. The Bertz CT molecular complexity index is 440. The summed E-state index contributed by atoms with van der Waals surface area (Å²) in [5.74, 6) is 1.08. The van der Waals surface area contributed by atoms with Gasteiger partial charge in [0.1, 0.15) is 0 Å². The van der Waals surface area contributed by atoms with E-state index in [0.29, 0.717) is 24.6 Å². The molecule has 16 heavy (non-hydrogen) atoms. The summed E-state index contributed by atoms with van der Waals surface area (Å²) in [6, 6.07) is 3.82. The van der Waals surface area contributed by atoms with E-state index in [9.17, 15) is 0 Å². The van der Waals surface area contributed by atoms with Crippen molar-refractivity contribution in [3.8, 4) is 0 Å². The number of nitrogens with zero attached hydrogens (tertiary/aromatic N) is 3. The average molecular weight is 219 g/mol. The Morgan fingerprint density at radius 3 is 3.06 bits per heavy atom. The van der Waals surface area contributed by atoms with Gasteiger partial charge in [-0.1, -0.05) is 11.2 Å². The van der Waals surface area contributed by atoms with Crippen LogP contribution in [0.25, 0.3) is 0 Å². The first kappa shape index (κ1) is 10.8. The van der Waals surface area contributed by atoms with Gasteiger partial charge in [0.15, 0.2) is 5.82 Å². The summed E-state index contributed by atoms with van der Waals surface area (Å²) in [6.45, 7) is 1.69. The van der Waals surface area contributed by atoms with Gasteiger partial charge in [-0.3, -0.25) is 4.98 Å². The van der Waals surface area contributed by atoms with Crippen molar-refractivity contribution in [2.75, 3.05) is 0 Å². The number of rotatable bonds is 4. The maximum Gasteiger partial charge on any atom is 0.229 e. The van der Waals surface area contributed by atoms with Crippen molar-refractivity contribution in [3.63, 3.8) is 0 Å². The zero-order chi connectivity index (χ0) is 11.4. The number of aliphatic hydroxyl groups excluding tert-OH is 1. The lowest BCUT2D eigenvalue weighted by Gasteiger charge is -1.96. The summed E-state index contributed by atoms with van der Waals surface area (Å²) in [7, 11) is 0. The lowest BCUT2D eigenvalue weighted by Crippen LogP contribution is -2.04. The molecule has 2 heterocycles. The van der Waals surface area contributed by atoms with Crippen LogP contribution in [0.5, 0.6) is 0 Å². The first-order chi connectivity index (χ1) is 7.74. The fourth-order valence-corrected chi connectivity index (χ4v) is 1.38. The molecule has 0 aliphatic heterocycles. The molecule has 0 aliphatic carbocycles. The minimum absolute atomic E-state index is 0.389. The Labute approximate surface area is 93.1 Å². The SMILES string of the molecule is CC(O)Cc1nc(Cc2cccnc2)no1. The topological polar surface area (TPSA) is 72.0 Å². The normalized spacial score (nSPS) is 12.6. The highest BCUT2D eigenvalue weighted by Gasteiger charge is 2.09. The van der Waals surface area contributed by atoms with E-state index in [1.807, 2.05) is 12.1 Å². The Kier molecular flexibility index (Phi) is 3.26. The summed E-state index contributed by atoms with van der Waals surface area (Å²) >= 11 is 0. The number of aliphatic hydroxyl groups is 1. The monoisotopic (exact) mass is 219 g/mol. The second-order valence-corrected chi connectivity index (χ2v) is 3.70. The average Bonchev–Trinajstić information content (AvgIpc) is 2.66. The minimum atomic E-state index is -0.466. The van der Waals surface area contributed by atoms with Crippen molar-refractivity contribution >= 4 is 0 Å². The van der Waals surface area contributed by atoms with Crippen LogP contribution >= 0.6 is 0 Å². The molecule has 0 spiro atoms. The Morgan fingerprint density at radius 2 is 2.38 bits per heavy atom. The molecule has 0 aliphatic rings. The van der Waals surface area contributed by atoms with Crippen LogP contribution in [0.1, 0.15) is 24.2 Å². The summed E-state index contributed by atoms with van der Waals surface area (Å²) in [5.41, 5.74) is 1.03. The van der Waals surface area contributed by atoms with E-state index < -0.39 is 6.10 Å². The summed E-state index contributed by atoms with van der Waals surface area (Å²) in [6.07, 6.45) is 4.01. The van der Waals surface area contributed by atoms with Gasteiger partial charge < -0.3 is 9.63 Å². The van der Waals surface area contributed by atoms with Gasteiger partial charge in [0.2, 0.25) is 5.89 Å². The van der Waals surface area contributed by atoms with Crippen LogP contribution in [0.15, 0.2) is 29.0 Å². The van der Waals surface area contributed by atoms with Crippen LogP contribution in [0.4, 0.5) is 0 Å². The fourth-order valence-electron chi connectivity index (χ4n) is 1.38. The van der Waals surface area contributed by atoms with Crippen molar-refractivity contribution < 1.29 is 9.63 Å². The zero-order valence-corrected chi connectivity index (χ0v) is 9.00. The van der Waals surface area contributed by atoms with Gasteiger partial charge in [-0.2, -0.15) is 4.98 Å². The van der Waals surface area contributed by atoms with E-state index >= 15 is 0 Å². The lowest BCUT2D eigenvalue weighted by molar-refractivity contribution is 0.181. The molecule has 1 N–H and O–H groups in total. The number of aromatic nitrogens is 3. The Balaban J connectivity index is 2.03. The molecule has 1 unspecified atom stereocenters. The van der Waals surface area contributed by atoms with Crippen LogP contribution in [0, 0.1) is 0 Å². The third-order valence-corrected chi connectivity index (χ3v) is 2.07. The van der Waals surface area contributed by atoms with Gasteiger partial charge in [-0.15, -0.1) is 0 Å². The van der Waals surface area contributed by atoms with Crippen molar-refractivity contribution in [2.24, 2.45) is 0 Å². The molecular weight excluding hydrogens is 206 g/mol. The van der Waals surface area contributed by atoms with E-state index in [2.05, 4.69) is 15.1 Å². The highest BCUT2D eigenvalue weighted by Crippen LogP contribution is 2.06. The van der Waals surface area contributed by atoms with E-state index in [-0.39, 0.29) is 0 Å². The smallest absolute Gasteiger partial charge is 0.229 e. The first-order valence-corrected chi connectivity index (χ1v) is 5.12. The number of hydrogen-bond acceptors (Lipinski definition) is 5. The molecule has 84 valence electrons. The zero-order valence-electron chi connectivity index (χ0n) is 9.00. The fraction of sp³-hybridized carbons (Fsp3) is 0.364. The van der Waals surface area contributed by atoms with Gasteiger partial charge in [0.25, 0.3) is 0 Å². The molecule has 2 rings (SSSR count). The van der Waals surface area contributed by atoms with E-state index in [1.54, 1.807) is 19.3 Å². The second-order valence-electron chi connectivity index (χ2n) is 3.70. The first-order valence-electron chi connectivity index (χ1n) is 5.12. The van der Waals surface area contributed by atoms with E-state index in [0.717, 1.165) is 5.56 Å². The van der Waals surface area contributed by atoms with Gasteiger partial charge in [-0.05, 0) is 18.6 Å². The van der Waals surface area contributed by atoms with Crippen LogP contribution in [-0.2, 0) is 12.8 Å². The van der Waals surface area contributed by atoms with Crippen LogP contribution < -0.4 is 0 Å². The van der Waals surface area contributed by atoms with Gasteiger partial charge in [0, 0.05) is 18.8 Å². The van der Waals surface area contributed by atoms with Gasteiger partial charge in [0.05, 0.1) is 12.5 Å². The molecule has 0 radical (unpaired) electrons. The number of hydrogen-bond donors (Lipinski definition) is 1. The highest BCUT2D eigenvalue weighted by atomic mass is 16.5. The molecule has 1 atom stereocenters. The molecule has 0 saturated carbocycles. The maximum absolute atomic E-state index is 9.17. The molecule has 0 bridgehead atoms. The molecule has 5 heteroatoms. The van der Waals surface area contributed by atoms with Crippen molar-refractivity contribution in [3.05, 3.63) is 41.8 Å². The summed E-state index contributed by atoms with van der Waals surface area (Å²) in [5, 5.41) is 13.0. The minimum Gasteiger partial charge on any atom is -0.393 e. The van der Waals surface area contributed by atoms with Crippen LogP contribution in [-0.4, -0.2) is 26.3 Å². The van der Waals surface area contributed by atoms with Crippen molar-refractivity contribution in [1.29, 1.82) is 0 Å². The van der Waals surface area contributed by atoms with Crippen molar-refractivity contribution in [1.82, 2.24) is 15.1 Å². The van der Waals surface area contributed by atoms with E-state index in [1.165, 1.54) is 0 Å². The van der Waals surface area contributed by atoms with Crippen molar-refractivity contribution in [2.45, 2.75) is 25.9 Å². The molecule has 2 aromatic rings.